The van der Waals surface area contributed by atoms with E-state index in [1.54, 1.807) is 18.2 Å². The first kappa shape index (κ1) is 30.1. The molecule has 0 aromatic heterocycles. The van der Waals surface area contributed by atoms with Gasteiger partial charge >= 0.3 is 5.69 Å². The topological polar surface area (TPSA) is 111 Å². The second-order valence-corrected chi connectivity index (χ2v) is 10.6. The molecule has 3 aromatic rings. The van der Waals surface area contributed by atoms with E-state index in [0.29, 0.717) is 15.6 Å². The predicted molar refractivity (Wildman–Crippen MR) is 156 cm³/mol. The molecular weight excluding hydrogens is 569 g/mol. The lowest BCUT2D eigenvalue weighted by molar-refractivity contribution is -0.385. The molecule has 216 valence electrons. The number of methoxy groups -OCH3 is 1. The minimum Gasteiger partial charge on any atom is -0.490 e. The van der Waals surface area contributed by atoms with Crippen molar-refractivity contribution in [1.29, 1.82) is 0 Å². The van der Waals surface area contributed by atoms with Gasteiger partial charge in [0.2, 0.25) is 11.7 Å². The molecule has 4 rings (SSSR count). The largest absolute Gasteiger partial charge is 0.490 e. The van der Waals surface area contributed by atoms with E-state index in [-0.39, 0.29) is 42.1 Å². The summed E-state index contributed by atoms with van der Waals surface area (Å²) in [6, 6.07) is 17.6. The molecule has 0 aliphatic heterocycles. The van der Waals surface area contributed by atoms with Crippen molar-refractivity contribution in [2.75, 3.05) is 13.7 Å². The van der Waals surface area contributed by atoms with E-state index in [9.17, 15) is 19.7 Å². The fraction of sp³-hybridized carbons (Fsp3) is 0.333. The maximum atomic E-state index is 13.8. The maximum Gasteiger partial charge on any atom is 0.311 e. The summed E-state index contributed by atoms with van der Waals surface area (Å²) in [5.41, 5.74) is 1.16. The van der Waals surface area contributed by atoms with Crippen molar-refractivity contribution in [3.63, 3.8) is 0 Å². The first-order chi connectivity index (χ1) is 19.8. The molecule has 3 aromatic carbocycles. The molecule has 1 atom stereocenters. The van der Waals surface area contributed by atoms with Gasteiger partial charge in [-0.2, -0.15) is 0 Å². The smallest absolute Gasteiger partial charge is 0.311 e. The molecule has 9 nitrogen and oxygen atoms in total. The monoisotopic (exact) mass is 599 g/mol. The van der Waals surface area contributed by atoms with Crippen LogP contribution in [-0.2, 0) is 22.6 Å². The molecule has 0 spiro atoms. The van der Waals surface area contributed by atoms with Crippen molar-refractivity contribution in [3.8, 4) is 11.5 Å². The van der Waals surface area contributed by atoms with E-state index >= 15 is 0 Å². The number of hydrogen-bond acceptors (Lipinski definition) is 6. The molecule has 1 aliphatic rings. The second kappa shape index (κ2) is 14.2. The fourth-order valence-corrected chi connectivity index (χ4v) is 5.42. The van der Waals surface area contributed by atoms with Crippen molar-refractivity contribution in [3.05, 3.63) is 98.0 Å². The number of rotatable bonds is 12. The number of hydrogen-bond donors (Lipinski definition) is 1. The lowest BCUT2D eigenvalue weighted by atomic mass is 10.0. The van der Waals surface area contributed by atoms with Gasteiger partial charge in [-0.05, 0) is 36.6 Å². The molecule has 1 fully saturated rings. The van der Waals surface area contributed by atoms with Crippen LogP contribution in [0.4, 0.5) is 5.69 Å². The Kier molecular flexibility index (Phi) is 10.4. The van der Waals surface area contributed by atoms with Crippen LogP contribution < -0.4 is 14.8 Å². The lowest BCUT2D eigenvalue weighted by Gasteiger charge is -2.32. The molecule has 0 radical (unpaired) electrons. The SMILES string of the molecule is COc1cc(OCC(=O)N(Cc2c(Cl)cccc2Cl)[C@H](Cc2ccccc2)C(=O)NC2CCCC2)ccc1[N+](=O)[O-]. The van der Waals surface area contributed by atoms with Gasteiger partial charge in [0.05, 0.1) is 12.0 Å². The van der Waals surface area contributed by atoms with Crippen LogP contribution in [0, 0.1) is 10.1 Å². The molecule has 0 unspecified atom stereocenters. The number of carbonyl (C=O) groups excluding carboxylic acids is 2. The van der Waals surface area contributed by atoms with E-state index < -0.39 is 23.5 Å². The predicted octanol–water partition coefficient (Wildman–Crippen LogP) is 5.99. The van der Waals surface area contributed by atoms with Crippen LogP contribution in [-0.4, -0.2) is 47.4 Å². The zero-order valence-electron chi connectivity index (χ0n) is 22.6. The Morgan fingerprint density at radius 1 is 1.05 bits per heavy atom. The molecule has 11 heteroatoms. The minimum absolute atomic E-state index is 0.00227. The normalized spacial score (nSPS) is 13.8. The summed E-state index contributed by atoms with van der Waals surface area (Å²) in [6.07, 6.45) is 4.12. The highest BCUT2D eigenvalue weighted by Gasteiger charge is 2.33. The van der Waals surface area contributed by atoms with Crippen molar-refractivity contribution < 1.29 is 24.0 Å². The van der Waals surface area contributed by atoms with Gasteiger partial charge in [0.1, 0.15) is 11.8 Å². The van der Waals surface area contributed by atoms with Crippen LogP contribution in [0.25, 0.3) is 0 Å². The Bertz CT molecular complexity index is 1360. The molecular formula is C30H31Cl2N3O6. The van der Waals surface area contributed by atoms with Crippen LogP contribution in [0.2, 0.25) is 10.0 Å². The van der Waals surface area contributed by atoms with Crippen molar-refractivity contribution in [2.24, 2.45) is 0 Å². The number of nitrogens with one attached hydrogen (secondary N) is 1. The van der Waals surface area contributed by atoms with E-state index in [1.165, 1.54) is 30.2 Å². The van der Waals surface area contributed by atoms with E-state index in [1.807, 2.05) is 30.3 Å². The Morgan fingerprint density at radius 2 is 1.73 bits per heavy atom. The first-order valence-electron chi connectivity index (χ1n) is 13.3. The maximum absolute atomic E-state index is 13.8. The highest BCUT2D eigenvalue weighted by atomic mass is 35.5. The average molecular weight is 600 g/mol. The number of nitrogens with zero attached hydrogens (tertiary/aromatic N) is 2. The van der Waals surface area contributed by atoms with E-state index in [0.717, 1.165) is 31.2 Å². The highest BCUT2D eigenvalue weighted by molar-refractivity contribution is 6.36. The molecule has 1 saturated carbocycles. The third kappa shape index (κ3) is 7.89. The summed E-state index contributed by atoms with van der Waals surface area (Å²) in [5.74, 6) is -0.556. The number of amides is 2. The number of benzene rings is 3. The van der Waals surface area contributed by atoms with E-state index in [4.69, 9.17) is 32.7 Å². The van der Waals surface area contributed by atoms with Crippen LogP contribution in [0.1, 0.15) is 36.8 Å². The molecule has 0 saturated heterocycles. The standard InChI is InChI=1S/C30H31Cl2N3O6/c1-40-28-17-22(14-15-26(28)35(38)39)41-19-29(36)34(18-23-24(31)12-7-13-25(23)32)27(16-20-8-3-2-4-9-20)30(37)33-21-10-5-6-11-21/h2-4,7-9,12-15,17,21,27H,5-6,10-11,16,18-19H2,1H3,(H,33,37)/t27-/m1/s1. The van der Waals surface area contributed by atoms with E-state index in [2.05, 4.69) is 5.32 Å². The van der Waals surface area contributed by atoms with Crippen molar-refractivity contribution in [2.45, 2.75) is 50.7 Å². The number of nitro benzene ring substituents is 1. The third-order valence-electron chi connectivity index (χ3n) is 7.07. The first-order valence-corrected chi connectivity index (χ1v) is 14.0. The Hall–Kier alpha value is -3.82. The van der Waals surface area contributed by atoms with Gasteiger partial charge in [0, 0.05) is 46.7 Å². The lowest BCUT2D eigenvalue weighted by Crippen LogP contribution is -2.53. The highest BCUT2D eigenvalue weighted by Crippen LogP contribution is 2.31. The van der Waals surface area contributed by atoms with Crippen LogP contribution in [0.5, 0.6) is 11.5 Å². The van der Waals surface area contributed by atoms with Crippen molar-refractivity contribution in [1.82, 2.24) is 10.2 Å². The Morgan fingerprint density at radius 3 is 2.37 bits per heavy atom. The average Bonchev–Trinajstić information content (AvgIpc) is 3.48. The second-order valence-electron chi connectivity index (χ2n) is 9.80. The van der Waals surface area contributed by atoms with Gasteiger partial charge < -0.3 is 19.7 Å². The van der Waals surface area contributed by atoms with Gasteiger partial charge in [-0.1, -0.05) is 72.4 Å². The Balaban J connectivity index is 1.65. The van der Waals surface area contributed by atoms with Gasteiger partial charge in [0.15, 0.2) is 6.61 Å². The summed E-state index contributed by atoms with van der Waals surface area (Å²) >= 11 is 13.0. The summed E-state index contributed by atoms with van der Waals surface area (Å²) < 4.78 is 10.9. The quantitative estimate of drug-likeness (QED) is 0.202. The van der Waals surface area contributed by atoms with Gasteiger partial charge in [0.25, 0.3) is 5.91 Å². The molecule has 0 bridgehead atoms. The molecule has 0 heterocycles. The molecule has 1 N–H and O–H groups in total. The summed E-state index contributed by atoms with van der Waals surface area (Å²) in [7, 11) is 1.31. The number of nitro groups is 1. The number of ether oxygens (including phenoxy) is 2. The van der Waals surface area contributed by atoms with Crippen molar-refractivity contribution >= 4 is 40.7 Å². The molecule has 1 aliphatic carbocycles. The number of carbonyl (C=O) groups is 2. The zero-order valence-corrected chi connectivity index (χ0v) is 24.1. The molecule has 2 amide bonds. The van der Waals surface area contributed by atoms with Gasteiger partial charge in [-0.3, -0.25) is 19.7 Å². The van der Waals surface area contributed by atoms with Gasteiger partial charge in [-0.25, -0.2) is 0 Å². The minimum atomic E-state index is -0.882. The Labute approximate surface area is 248 Å². The summed E-state index contributed by atoms with van der Waals surface area (Å²) in [5, 5.41) is 15.1. The molecule has 41 heavy (non-hydrogen) atoms. The van der Waals surface area contributed by atoms with Gasteiger partial charge in [-0.15, -0.1) is 0 Å². The summed E-state index contributed by atoms with van der Waals surface area (Å²) in [6.45, 7) is -0.467. The third-order valence-corrected chi connectivity index (χ3v) is 7.78. The number of halogens is 2. The van der Waals surface area contributed by atoms with Crippen LogP contribution in [0.3, 0.4) is 0 Å². The van der Waals surface area contributed by atoms with Crippen LogP contribution in [0.15, 0.2) is 66.7 Å². The van der Waals surface area contributed by atoms with Crippen LogP contribution >= 0.6 is 23.2 Å². The summed E-state index contributed by atoms with van der Waals surface area (Å²) in [4.78, 5) is 39.7. The zero-order chi connectivity index (χ0) is 29.4. The fourth-order valence-electron chi connectivity index (χ4n) is 4.90.